The molecule has 0 spiro atoms. The number of benzene rings is 4. The number of rotatable bonds is 7. The van der Waals surface area contributed by atoms with Crippen molar-refractivity contribution in [1.29, 1.82) is 0 Å². The lowest BCUT2D eigenvalue weighted by Crippen LogP contribution is -2.53. The summed E-state index contributed by atoms with van der Waals surface area (Å²) in [5.74, 6) is -5.47. The van der Waals surface area contributed by atoms with Crippen molar-refractivity contribution in [2.75, 3.05) is 12.0 Å². The van der Waals surface area contributed by atoms with Crippen LogP contribution in [0.3, 0.4) is 0 Å². The van der Waals surface area contributed by atoms with Gasteiger partial charge >= 0.3 is 0 Å². The van der Waals surface area contributed by atoms with Crippen LogP contribution in [0.5, 0.6) is 11.5 Å². The number of aryl methyl sites for hydroxylation is 2. The monoisotopic (exact) mass is 733 g/mol. The van der Waals surface area contributed by atoms with Crippen LogP contribution in [0.4, 0.5) is 10.1 Å². The highest BCUT2D eigenvalue weighted by Gasteiger charge is 2.70. The molecule has 3 N–H and O–H groups in total. The van der Waals surface area contributed by atoms with Crippen LogP contribution in [-0.2, 0) is 31.0 Å². The topological polar surface area (TPSA) is 127 Å². The molecule has 8 rings (SSSR count). The second-order valence-corrected chi connectivity index (χ2v) is 15.1. The van der Waals surface area contributed by atoms with E-state index in [9.17, 15) is 29.0 Å². The molecule has 4 amide bonds. The van der Waals surface area contributed by atoms with Gasteiger partial charge in [-0.05, 0) is 115 Å². The summed E-state index contributed by atoms with van der Waals surface area (Å²) >= 11 is 6.37. The van der Waals surface area contributed by atoms with Gasteiger partial charge in [-0.15, -0.1) is 0 Å². The van der Waals surface area contributed by atoms with E-state index in [2.05, 4.69) is 5.43 Å². The van der Waals surface area contributed by atoms with Crippen molar-refractivity contribution in [2.45, 2.75) is 44.4 Å². The lowest BCUT2D eigenvalue weighted by molar-refractivity contribution is -0.141. The van der Waals surface area contributed by atoms with Gasteiger partial charge < -0.3 is 10.2 Å². The summed E-state index contributed by atoms with van der Waals surface area (Å²) in [4.78, 5) is 59.8. The summed E-state index contributed by atoms with van der Waals surface area (Å²) in [6.45, 7) is 3.72. The molecule has 270 valence electrons. The normalized spacial score (nSPS) is 26.3. The number of amides is 4. The molecule has 53 heavy (non-hydrogen) atoms. The summed E-state index contributed by atoms with van der Waals surface area (Å²) in [5.41, 5.74) is 5.88. The Morgan fingerprint density at radius 2 is 1.51 bits per heavy atom. The zero-order chi connectivity index (χ0) is 37.3. The van der Waals surface area contributed by atoms with Gasteiger partial charge in [0.1, 0.15) is 17.3 Å². The van der Waals surface area contributed by atoms with Crippen molar-refractivity contribution in [2.24, 2.45) is 23.7 Å². The molecule has 11 heteroatoms. The van der Waals surface area contributed by atoms with Gasteiger partial charge in [-0.1, -0.05) is 59.6 Å². The molecule has 4 aromatic rings. The number of allylic oxidation sites excluding steroid dienone is 2. The van der Waals surface area contributed by atoms with E-state index in [0.29, 0.717) is 39.4 Å². The molecule has 4 aromatic carbocycles. The van der Waals surface area contributed by atoms with E-state index < -0.39 is 52.6 Å². The van der Waals surface area contributed by atoms with Crippen LogP contribution >= 0.6 is 11.6 Å². The third-order valence-corrected chi connectivity index (χ3v) is 12.0. The molecule has 0 unspecified atom stereocenters. The first-order valence-corrected chi connectivity index (χ1v) is 18.1. The third-order valence-electron chi connectivity index (χ3n) is 11.8. The summed E-state index contributed by atoms with van der Waals surface area (Å²) < 4.78 is 13.9. The number of phenolic OH excluding ortho intramolecular Hbond substituents is 2. The first kappa shape index (κ1) is 34.6. The van der Waals surface area contributed by atoms with Gasteiger partial charge in [-0.3, -0.25) is 29.5 Å². The van der Waals surface area contributed by atoms with Crippen molar-refractivity contribution in [3.8, 4) is 11.5 Å². The smallest absolute Gasteiger partial charge is 0.260 e. The molecule has 0 bridgehead atoms. The lowest BCUT2D eigenvalue weighted by Gasteiger charge is -2.50. The summed E-state index contributed by atoms with van der Waals surface area (Å²) in [7, 11) is 0. The Bertz CT molecular complexity index is 2180. The van der Waals surface area contributed by atoms with Gasteiger partial charge in [0.05, 0.1) is 28.9 Å². The van der Waals surface area contributed by atoms with Crippen LogP contribution in [0.25, 0.3) is 0 Å². The largest absolute Gasteiger partial charge is 0.508 e. The van der Waals surface area contributed by atoms with Crippen LogP contribution in [0.15, 0.2) is 96.6 Å². The molecule has 1 saturated carbocycles. The number of phenols is 2. The van der Waals surface area contributed by atoms with Crippen LogP contribution < -0.4 is 5.43 Å². The quantitative estimate of drug-likeness (QED) is 0.142. The number of nitrogens with one attached hydrogen (secondary N) is 1. The van der Waals surface area contributed by atoms with Gasteiger partial charge in [-0.25, -0.2) is 4.39 Å². The number of hydrazine groups is 1. The van der Waals surface area contributed by atoms with E-state index in [-0.39, 0.29) is 42.7 Å². The molecule has 4 aliphatic rings. The van der Waals surface area contributed by atoms with E-state index in [1.807, 2.05) is 18.2 Å². The fourth-order valence-electron chi connectivity index (χ4n) is 9.38. The highest BCUT2D eigenvalue weighted by Crippen LogP contribution is 2.64. The number of anilines is 1. The van der Waals surface area contributed by atoms with E-state index in [4.69, 9.17) is 11.6 Å². The number of carbonyl (C=O) groups excluding carboxylic acids is 4. The second kappa shape index (κ2) is 12.9. The SMILES string of the molecule is Cc1cc([C@H]2C3=CC[C@@H]4C(=O)N(CCc5ccc(O)cc5)C(=O)[C@@H]4[C@@H]3C[C@H]3C(=O)N(Nc4ccc(F)cc4)C(=O)[C@@]23c2ccc(Cl)cc2)cc(C)c1O. The second-order valence-electron chi connectivity index (χ2n) is 14.6. The maximum absolute atomic E-state index is 15.3. The summed E-state index contributed by atoms with van der Waals surface area (Å²) in [6.07, 6.45) is 2.81. The maximum atomic E-state index is 15.3. The van der Waals surface area contributed by atoms with Crippen LogP contribution in [-0.4, -0.2) is 50.3 Å². The molecule has 2 saturated heterocycles. The Morgan fingerprint density at radius 3 is 2.17 bits per heavy atom. The predicted octanol–water partition coefficient (Wildman–Crippen LogP) is 6.73. The van der Waals surface area contributed by atoms with Crippen LogP contribution in [0.1, 0.15) is 46.6 Å². The summed E-state index contributed by atoms with van der Waals surface area (Å²) in [6, 6.07) is 22.5. The molecule has 2 aliphatic heterocycles. The number of nitrogens with zero attached hydrogens (tertiary/aromatic N) is 2. The van der Waals surface area contributed by atoms with Gasteiger partial charge in [-0.2, -0.15) is 5.01 Å². The Morgan fingerprint density at radius 1 is 0.849 bits per heavy atom. The molecule has 2 heterocycles. The molecule has 6 atom stereocenters. The molecule has 0 radical (unpaired) electrons. The van der Waals surface area contributed by atoms with Crippen molar-refractivity contribution in [3.63, 3.8) is 0 Å². The first-order chi connectivity index (χ1) is 25.4. The fourth-order valence-corrected chi connectivity index (χ4v) is 9.50. The van der Waals surface area contributed by atoms with Crippen LogP contribution in [0, 0.1) is 43.3 Å². The van der Waals surface area contributed by atoms with Crippen molar-refractivity contribution >= 4 is 40.9 Å². The highest BCUT2D eigenvalue weighted by molar-refractivity contribution is 6.30. The average molecular weight is 734 g/mol. The molecule has 0 aromatic heterocycles. The lowest BCUT2D eigenvalue weighted by atomic mass is 9.49. The average Bonchev–Trinajstić information content (AvgIpc) is 3.51. The number of hydrogen-bond donors (Lipinski definition) is 3. The zero-order valence-corrected chi connectivity index (χ0v) is 29.8. The minimum atomic E-state index is -1.51. The van der Waals surface area contributed by atoms with Gasteiger partial charge in [0.2, 0.25) is 11.8 Å². The minimum absolute atomic E-state index is 0.116. The fraction of sp³-hybridized carbons (Fsp3) is 0.286. The number of hydrogen-bond acceptors (Lipinski definition) is 7. The van der Waals surface area contributed by atoms with Crippen molar-refractivity contribution < 1.29 is 33.8 Å². The van der Waals surface area contributed by atoms with E-state index in [0.717, 1.165) is 16.1 Å². The molecular formula is C42H37ClFN3O6. The van der Waals surface area contributed by atoms with Crippen molar-refractivity contribution in [3.05, 3.63) is 135 Å². The predicted molar refractivity (Wildman–Crippen MR) is 195 cm³/mol. The van der Waals surface area contributed by atoms with E-state index >= 15 is 4.79 Å². The van der Waals surface area contributed by atoms with Gasteiger partial charge in [0.25, 0.3) is 11.8 Å². The Labute approximate surface area is 310 Å². The number of aromatic hydroxyl groups is 2. The molecule has 2 aliphatic carbocycles. The zero-order valence-electron chi connectivity index (χ0n) is 29.1. The van der Waals surface area contributed by atoms with Gasteiger partial charge in [0.15, 0.2) is 0 Å². The number of fused-ring (bicyclic) bond motifs is 4. The standard InChI is InChI=1S/C42H37ClFN3O6/c1-22-19-25(20-23(2)37(22)49)36-31-15-16-32-35(40(52)46(38(32)50)18-17-24-3-13-30(48)14-4-24)33(31)21-34-39(51)47(45-29-11-9-28(44)10-12-29)41(53)42(34,36)26-5-7-27(43)8-6-26/h3-15,19-20,32-36,45,48-49H,16-18,21H2,1-2H3/t32-,33+,34-,35-,36-,42+/m0/s1. The Balaban J connectivity index is 1.27. The molecular weight excluding hydrogens is 697 g/mol. The highest BCUT2D eigenvalue weighted by atomic mass is 35.5. The molecule has 3 fully saturated rings. The van der Waals surface area contributed by atoms with Crippen molar-refractivity contribution in [1.82, 2.24) is 9.91 Å². The van der Waals surface area contributed by atoms with E-state index in [1.54, 1.807) is 62.4 Å². The number of carbonyl (C=O) groups is 4. The molecule has 9 nitrogen and oxygen atoms in total. The number of halogens is 2. The number of imide groups is 2. The first-order valence-electron chi connectivity index (χ1n) is 17.7. The van der Waals surface area contributed by atoms with E-state index in [1.165, 1.54) is 29.2 Å². The van der Waals surface area contributed by atoms with Crippen LogP contribution in [0.2, 0.25) is 5.02 Å². The maximum Gasteiger partial charge on any atom is 0.260 e. The summed E-state index contributed by atoms with van der Waals surface area (Å²) in [5, 5.41) is 22.0. The number of likely N-dealkylation sites (tertiary alicyclic amines) is 1. The van der Waals surface area contributed by atoms with Gasteiger partial charge in [0, 0.05) is 17.5 Å². The minimum Gasteiger partial charge on any atom is -0.508 e. The Kier molecular flexibility index (Phi) is 8.41. The Hall–Kier alpha value is -5.48. The third kappa shape index (κ3) is 5.41.